The van der Waals surface area contributed by atoms with Crippen LogP contribution in [0.4, 0.5) is 10.6 Å². The first-order valence-electron chi connectivity index (χ1n) is 4.88. The van der Waals surface area contributed by atoms with E-state index in [2.05, 4.69) is 15.5 Å². The lowest BCUT2D eigenvalue weighted by Crippen LogP contribution is -2.27. The molecule has 0 atom stereocenters. The van der Waals surface area contributed by atoms with E-state index in [0.717, 1.165) is 4.80 Å². The van der Waals surface area contributed by atoms with Crippen molar-refractivity contribution in [2.24, 2.45) is 0 Å². The Labute approximate surface area is 97.6 Å². The minimum Gasteiger partial charge on any atom is -0.480 e. The number of nitrogens with zero attached hydrogens (tertiary/aromatic N) is 3. The predicted octanol–water partition coefficient (Wildman–Crippen LogP) is 0.710. The van der Waals surface area contributed by atoms with Crippen LogP contribution in [-0.2, 0) is 16.1 Å². The second-order valence-corrected chi connectivity index (χ2v) is 4.28. The maximum atomic E-state index is 11.3. The lowest BCUT2D eigenvalue weighted by Gasteiger charge is -2.18. The summed E-state index contributed by atoms with van der Waals surface area (Å²) in [4.78, 5) is 22.7. The summed E-state index contributed by atoms with van der Waals surface area (Å²) in [6.45, 7) is 4.82. The zero-order chi connectivity index (χ0) is 13.1. The van der Waals surface area contributed by atoms with Crippen LogP contribution in [0.1, 0.15) is 20.8 Å². The molecular weight excluding hydrogens is 228 g/mol. The summed E-state index contributed by atoms with van der Waals surface area (Å²) < 4.78 is 4.99. The summed E-state index contributed by atoms with van der Waals surface area (Å²) in [6.07, 6.45) is 0.576. The molecule has 1 rings (SSSR count). The van der Waals surface area contributed by atoms with Crippen molar-refractivity contribution in [1.29, 1.82) is 0 Å². The van der Waals surface area contributed by atoms with Crippen LogP contribution in [0.3, 0.4) is 0 Å². The zero-order valence-electron chi connectivity index (χ0n) is 9.80. The smallest absolute Gasteiger partial charge is 0.413 e. The van der Waals surface area contributed by atoms with Crippen LogP contribution >= 0.6 is 0 Å². The fraction of sp³-hybridized carbons (Fsp3) is 0.556. The lowest BCUT2D eigenvalue weighted by molar-refractivity contribution is -0.138. The van der Waals surface area contributed by atoms with Crippen molar-refractivity contribution in [3.63, 3.8) is 0 Å². The predicted molar refractivity (Wildman–Crippen MR) is 57.5 cm³/mol. The van der Waals surface area contributed by atoms with Crippen LogP contribution in [0.5, 0.6) is 0 Å². The van der Waals surface area contributed by atoms with Gasteiger partial charge >= 0.3 is 12.1 Å². The van der Waals surface area contributed by atoms with Crippen LogP contribution in [0.2, 0.25) is 0 Å². The average Bonchev–Trinajstić information content (AvgIpc) is 2.46. The number of anilines is 1. The fourth-order valence-corrected chi connectivity index (χ4v) is 0.960. The largest absolute Gasteiger partial charge is 0.480 e. The van der Waals surface area contributed by atoms with E-state index in [9.17, 15) is 9.59 Å². The van der Waals surface area contributed by atoms with Gasteiger partial charge in [0.1, 0.15) is 5.60 Å². The highest BCUT2D eigenvalue weighted by molar-refractivity contribution is 5.83. The molecule has 0 bridgehead atoms. The summed E-state index contributed by atoms with van der Waals surface area (Å²) in [5, 5.41) is 18.2. The summed E-state index contributed by atoms with van der Waals surface area (Å²) >= 11 is 0. The van der Waals surface area contributed by atoms with Crippen molar-refractivity contribution in [2.45, 2.75) is 32.9 Å². The normalized spacial score (nSPS) is 11.0. The number of carboxylic acid groups (broad SMARTS) is 1. The summed E-state index contributed by atoms with van der Waals surface area (Å²) in [6, 6.07) is 0. The Kier molecular flexibility index (Phi) is 3.66. The molecular formula is C9H14N4O4. The second-order valence-electron chi connectivity index (χ2n) is 4.28. The molecule has 0 unspecified atom stereocenters. The molecule has 8 nitrogen and oxygen atoms in total. The molecule has 0 aliphatic heterocycles. The number of hydrogen-bond donors (Lipinski definition) is 2. The van der Waals surface area contributed by atoms with Gasteiger partial charge in [0, 0.05) is 0 Å². The van der Waals surface area contributed by atoms with Gasteiger partial charge in [-0.15, -0.1) is 5.10 Å². The van der Waals surface area contributed by atoms with Crippen LogP contribution in [-0.4, -0.2) is 37.8 Å². The third-order valence-electron chi connectivity index (χ3n) is 1.44. The number of carboxylic acids is 1. The highest BCUT2D eigenvalue weighted by Gasteiger charge is 2.17. The summed E-state index contributed by atoms with van der Waals surface area (Å²) in [7, 11) is 0. The third kappa shape index (κ3) is 4.96. The van der Waals surface area contributed by atoms with Gasteiger partial charge in [-0.1, -0.05) is 0 Å². The molecule has 0 aliphatic rings. The lowest BCUT2D eigenvalue weighted by atomic mass is 10.2. The molecule has 0 spiro atoms. The van der Waals surface area contributed by atoms with Crippen molar-refractivity contribution >= 4 is 17.9 Å². The summed E-state index contributed by atoms with van der Waals surface area (Å²) in [5.74, 6) is -0.926. The molecule has 1 heterocycles. The number of rotatable bonds is 3. The Morgan fingerprint density at radius 3 is 2.71 bits per heavy atom. The van der Waals surface area contributed by atoms with Gasteiger partial charge in [0.2, 0.25) is 0 Å². The Bertz CT molecular complexity index is 421. The standard InChI is InChI=1S/C9H14N4O4/c1-9(2,3)17-8(16)11-6-4-10-13(12-6)5-7(14)15/h4H,5H2,1-3H3,(H,14,15)(H,11,12,16). The molecule has 0 aliphatic carbocycles. The molecule has 1 aromatic rings. The average molecular weight is 242 g/mol. The molecule has 1 aromatic heterocycles. The van der Waals surface area contributed by atoms with Gasteiger partial charge in [-0.25, -0.2) is 4.79 Å². The quantitative estimate of drug-likeness (QED) is 0.808. The molecule has 0 saturated heterocycles. The Morgan fingerprint density at radius 2 is 2.18 bits per heavy atom. The first-order chi connectivity index (χ1) is 7.76. The van der Waals surface area contributed by atoms with Gasteiger partial charge in [0.25, 0.3) is 0 Å². The Balaban J connectivity index is 2.55. The molecule has 0 fully saturated rings. The molecule has 2 N–H and O–H groups in total. The van der Waals surface area contributed by atoms with Gasteiger partial charge in [0.05, 0.1) is 6.20 Å². The van der Waals surface area contributed by atoms with Crippen molar-refractivity contribution in [1.82, 2.24) is 15.0 Å². The van der Waals surface area contributed by atoms with Gasteiger partial charge in [-0.05, 0) is 20.8 Å². The Hall–Kier alpha value is -2.12. The molecule has 1 amide bonds. The van der Waals surface area contributed by atoms with Crippen LogP contribution in [0, 0.1) is 0 Å². The third-order valence-corrected chi connectivity index (χ3v) is 1.44. The van der Waals surface area contributed by atoms with Crippen molar-refractivity contribution in [3.05, 3.63) is 6.20 Å². The molecule has 8 heteroatoms. The number of aromatic nitrogens is 3. The van der Waals surface area contributed by atoms with Crippen molar-refractivity contribution in [3.8, 4) is 0 Å². The zero-order valence-corrected chi connectivity index (χ0v) is 9.80. The highest BCUT2D eigenvalue weighted by Crippen LogP contribution is 2.09. The maximum Gasteiger partial charge on any atom is 0.413 e. The number of amides is 1. The van der Waals surface area contributed by atoms with Crippen molar-refractivity contribution in [2.75, 3.05) is 5.32 Å². The fourth-order valence-electron chi connectivity index (χ4n) is 0.960. The Morgan fingerprint density at radius 1 is 1.53 bits per heavy atom. The first-order valence-corrected chi connectivity index (χ1v) is 4.88. The van der Waals surface area contributed by atoms with E-state index in [4.69, 9.17) is 9.84 Å². The van der Waals surface area contributed by atoms with E-state index in [1.807, 2.05) is 0 Å². The number of aliphatic carboxylic acids is 1. The van der Waals surface area contributed by atoms with E-state index in [1.165, 1.54) is 6.20 Å². The van der Waals surface area contributed by atoms with E-state index in [-0.39, 0.29) is 12.4 Å². The van der Waals surface area contributed by atoms with Gasteiger partial charge in [-0.2, -0.15) is 9.90 Å². The number of ether oxygens (including phenoxy) is 1. The first kappa shape index (κ1) is 12.9. The molecule has 0 aromatic carbocycles. The van der Waals surface area contributed by atoms with Gasteiger partial charge in [-0.3, -0.25) is 10.1 Å². The van der Waals surface area contributed by atoms with E-state index >= 15 is 0 Å². The number of carbonyl (C=O) groups is 2. The molecule has 17 heavy (non-hydrogen) atoms. The van der Waals surface area contributed by atoms with E-state index < -0.39 is 17.7 Å². The SMILES string of the molecule is CC(C)(C)OC(=O)Nc1cnn(CC(=O)O)n1. The van der Waals surface area contributed by atoms with Gasteiger partial charge < -0.3 is 9.84 Å². The molecule has 0 saturated carbocycles. The van der Waals surface area contributed by atoms with E-state index in [0.29, 0.717) is 0 Å². The van der Waals surface area contributed by atoms with Gasteiger partial charge in [0.15, 0.2) is 12.4 Å². The maximum absolute atomic E-state index is 11.3. The van der Waals surface area contributed by atoms with Crippen molar-refractivity contribution < 1.29 is 19.4 Å². The van der Waals surface area contributed by atoms with Crippen LogP contribution in [0.15, 0.2) is 6.20 Å². The topological polar surface area (TPSA) is 106 Å². The second kappa shape index (κ2) is 4.81. The number of nitrogens with one attached hydrogen (secondary N) is 1. The van der Waals surface area contributed by atoms with Crippen LogP contribution < -0.4 is 5.32 Å². The minimum absolute atomic E-state index is 0.139. The molecule has 0 radical (unpaired) electrons. The monoisotopic (exact) mass is 242 g/mol. The molecule has 94 valence electrons. The number of hydrogen-bond acceptors (Lipinski definition) is 5. The summed E-state index contributed by atoms with van der Waals surface area (Å²) in [5.41, 5.74) is -0.610. The van der Waals surface area contributed by atoms with Crippen LogP contribution in [0.25, 0.3) is 0 Å². The minimum atomic E-state index is -1.07. The van der Waals surface area contributed by atoms with E-state index in [1.54, 1.807) is 20.8 Å². The number of carbonyl (C=O) groups excluding carboxylic acids is 1. The highest BCUT2D eigenvalue weighted by atomic mass is 16.6.